The van der Waals surface area contributed by atoms with Gasteiger partial charge in [0.25, 0.3) is 0 Å². The molecule has 0 unspecified atom stereocenters. The number of hydrogen-bond acceptors (Lipinski definition) is 8. The first-order valence-electron chi connectivity index (χ1n) is 6.48. The molecule has 1 aromatic rings. The molecule has 9 heteroatoms. The molecule has 0 saturated carbocycles. The fourth-order valence-corrected chi connectivity index (χ4v) is 2.16. The molecule has 1 fully saturated rings. The van der Waals surface area contributed by atoms with E-state index >= 15 is 0 Å². The fraction of sp³-hybridized carbons (Fsp3) is 0.667. The van der Waals surface area contributed by atoms with Crippen LogP contribution in [0.1, 0.15) is 6.23 Å². The summed E-state index contributed by atoms with van der Waals surface area (Å²) < 4.78 is 17.0. The SMILES string of the molecule is COCCO[C@H]1[C@@H](O)[C@H](CO)O[C@@H]1n1ccc(N)nc1=O. The van der Waals surface area contributed by atoms with Crippen LogP contribution in [0.5, 0.6) is 0 Å². The van der Waals surface area contributed by atoms with E-state index in [2.05, 4.69) is 4.98 Å². The van der Waals surface area contributed by atoms with Crippen molar-refractivity contribution in [3.63, 3.8) is 0 Å². The Kier molecular flexibility index (Phi) is 5.26. The van der Waals surface area contributed by atoms with Crippen LogP contribution in [-0.4, -0.2) is 65.0 Å². The number of aliphatic hydroxyl groups excluding tert-OH is 2. The maximum atomic E-state index is 11.9. The molecule has 0 spiro atoms. The van der Waals surface area contributed by atoms with Gasteiger partial charge < -0.3 is 30.2 Å². The highest BCUT2D eigenvalue weighted by atomic mass is 16.6. The van der Waals surface area contributed by atoms with Crippen molar-refractivity contribution in [1.82, 2.24) is 9.55 Å². The minimum Gasteiger partial charge on any atom is -0.394 e. The van der Waals surface area contributed by atoms with Crippen LogP contribution in [0.4, 0.5) is 5.82 Å². The third-order valence-electron chi connectivity index (χ3n) is 3.22. The largest absolute Gasteiger partial charge is 0.394 e. The predicted octanol–water partition coefficient (Wildman–Crippen LogP) is -1.89. The van der Waals surface area contributed by atoms with E-state index in [1.165, 1.54) is 23.9 Å². The molecule has 0 aliphatic carbocycles. The van der Waals surface area contributed by atoms with Crippen LogP contribution in [-0.2, 0) is 14.2 Å². The topological polar surface area (TPSA) is 129 Å². The lowest BCUT2D eigenvalue weighted by atomic mass is 10.1. The Morgan fingerprint density at radius 1 is 1.52 bits per heavy atom. The van der Waals surface area contributed by atoms with Crippen LogP contribution in [0.15, 0.2) is 17.1 Å². The van der Waals surface area contributed by atoms with E-state index in [0.29, 0.717) is 6.61 Å². The molecular weight excluding hydrogens is 282 g/mol. The molecule has 1 aliphatic rings. The molecule has 0 aromatic carbocycles. The van der Waals surface area contributed by atoms with Gasteiger partial charge in [-0.3, -0.25) is 4.57 Å². The van der Waals surface area contributed by atoms with E-state index in [-0.39, 0.29) is 19.0 Å². The van der Waals surface area contributed by atoms with Gasteiger partial charge in [-0.2, -0.15) is 4.98 Å². The summed E-state index contributed by atoms with van der Waals surface area (Å²) in [7, 11) is 1.52. The van der Waals surface area contributed by atoms with E-state index in [1.807, 2.05) is 0 Å². The molecule has 2 heterocycles. The van der Waals surface area contributed by atoms with Crippen LogP contribution >= 0.6 is 0 Å². The Morgan fingerprint density at radius 2 is 2.29 bits per heavy atom. The summed E-state index contributed by atoms with van der Waals surface area (Å²) >= 11 is 0. The highest BCUT2D eigenvalue weighted by molar-refractivity contribution is 5.23. The number of nitrogen functional groups attached to an aromatic ring is 1. The summed E-state index contributed by atoms with van der Waals surface area (Å²) in [6.45, 7) is 0.154. The van der Waals surface area contributed by atoms with Crippen molar-refractivity contribution in [2.24, 2.45) is 0 Å². The second-order valence-electron chi connectivity index (χ2n) is 4.61. The minimum absolute atomic E-state index is 0.0883. The van der Waals surface area contributed by atoms with Crippen LogP contribution < -0.4 is 11.4 Å². The number of hydrogen-bond donors (Lipinski definition) is 3. The van der Waals surface area contributed by atoms with Crippen molar-refractivity contribution < 1.29 is 24.4 Å². The van der Waals surface area contributed by atoms with Crippen molar-refractivity contribution >= 4 is 5.82 Å². The van der Waals surface area contributed by atoms with E-state index in [9.17, 15) is 15.0 Å². The number of rotatable bonds is 6. The van der Waals surface area contributed by atoms with E-state index < -0.39 is 30.2 Å². The zero-order valence-corrected chi connectivity index (χ0v) is 11.6. The average molecular weight is 301 g/mol. The van der Waals surface area contributed by atoms with Crippen LogP contribution in [0.25, 0.3) is 0 Å². The molecule has 1 aliphatic heterocycles. The Bertz CT molecular complexity index is 522. The predicted molar refractivity (Wildman–Crippen MR) is 71.5 cm³/mol. The highest BCUT2D eigenvalue weighted by Crippen LogP contribution is 2.30. The standard InChI is InChI=1S/C12H19N3O6/c1-19-4-5-20-10-9(17)7(6-16)21-11(10)15-3-2-8(13)14-12(15)18/h2-3,7,9-11,16-17H,4-6H2,1H3,(H2,13,14,18)/t7-,9-,10-,11-/m0/s1. The monoisotopic (exact) mass is 301 g/mol. The zero-order chi connectivity index (χ0) is 15.4. The van der Waals surface area contributed by atoms with Gasteiger partial charge in [0, 0.05) is 13.3 Å². The molecule has 2 rings (SSSR count). The molecule has 1 aromatic heterocycles. The summed E-state index contributed by atoms with van der Waals surface area (Å²) in [4.78, 5) is 15.5. The normalized spacial score (nSPS) is 28.9. The maximum absolute atomic E-state index is 11.9. The first-order valence-corrected chi connectivity index (χ1v) is 6.48. The maximum Gasteiger partial charge on any atom is 0.351 e. The van der Waals surface area contributed by atoms with Gasteiger partial charge in [0.15, 0.2) is 6.23 Å². The smallest absolute Gasteiger partial charge is 0.351 e. The van der Waals surface area contributed by atoms with Gasteiger partial charge >= 0.3 is 5.69 Å². The number of ether oxygens (including phenoxy) is 3. The molecule has 0 amide bonds. The number of aliphatic hydroxyl groups is 2. The first-order chi connectivity index (χ1) is 10.1. The van der Waals surface area contributed by atoms with Gasteiger partial charge in [0.05, 0.1) is 19.8 Å². The van der Waals surface area contributed by atoms with Crippen molar-refractivity contribution in [1.29, 1.82) is 0 Å². The van der Waals surface area contributed by atoms with Gasteiger partial charge in [-0.15, -0.1) is 0 Å². The molecule has 0 bridgehead atoms. The quantitative estimate of drug-likeness (QED) is 0.520. The Labute approximate surface area is 120 Å². The Morgan fingerprint density at radius 3 is 2.90 bits per heavy atom. The number of nitrogens with two attached hydrogens (primary N) is 1. The minimum atomic E-state index is -1.07. The Balaban J connectivity index is 2.23. The van der Waals surface area contributed by atoms with Crippen LogP contribution in [0.3, 0.4) is 0 Å². The fourth-order valence-electron chi connectivity index (χ4n) is 2.16. The third kappa shape index (κ3) is 3.39. The van der Waals surface area contributed by atoms with Crippen molar-refractivity contribution in [2.45, 2.75) is 24.5 Å². The summed E-state index contributed by atoms with van der Waals surface area (Å²) in [6, 6.07) is 1.44. The third-order valence-corrected chi connectivity index (χ3v) is 3.22. The lowest BCUT2D eigenvalue weighted by Crippen LogP contribution is -2.38. The van der Waals surface area contributed by atoms with Crippen LogP contribution in [0, 0.1) is 0 Å². The second-order valence-corrected chi connectivity index (χ2v) is 4.61. The molecule has 4 atom stereocenters. The summed E-state index contributed by atoms with van der Waals surface area (Å²) in [5.74, 6) is 0.0883. The van der Waals surface area contributed by atoms with Gasteiger partial charge in [0.1, 0.15) is 24.1 Å². The van der Waals surface area contributed by atoms with Crippen molar-refractivity contribution in [2.75, 3.05) is 32.7 Å². The number of nitrogens with zero attached hydrogens (tertiary/aromatic N) is 2. The van der Waals surface area contributed by atoms with E-state index in [0.717, 1.165) is 0 Å². The number of anilines is 1. The van der Waals surface area contributed by atoms with Crippen LogP contribution in [0.2, 0.25) is 0 Å². The molecule has 0 radical (unpaired) electrons. The summed E-state index contributed by atoms with van der Waals surface area (Å²) in [5, 5.41) is 19.3. The Hall–Kier alpha value is -1.52. The summed E-state index contributed by atoms with van der Waals surface area (Å²) in [6.07, 6.45) is -2.21. The van der Waals surface area contributed by atoms with Gasteiger partial charge in [0.2, 0.25) is 0 Å². The molecule has 9 nitrogen and oxygen atoms in total. The lowest BCUT2D eigenvalue weighted by molar-refractivity contribution is -0.0818. The summed E-state index contributed by atoms with van der Waals surface area (Å²) in [5.41, 5.74) is 4.82. The van der Waals surface area contributed by atoms with Gasteiger partial charge in [-0.05, 0) is 6.07 Å². The van der Waals surface area contributed by atoms with E-state index in [4.69, 9.17) is 19.9 Å². The highest BCUT2D eigenvalue weighted by Gasteiger charge is 2.45. The van der Waals surface area contributed by atoms with Crippen molar-refractivity contribution in [3.8, 4) is 0 Å². The molecule has 1 saturated heterocycles. The van der Waals surface area contributed by atoms with Gasteiger partial charge in [-0.25, -0.2) is 4.79 Å². The first kappa shape index (κ1) is 15.9. The van der Waals surface area contributed by atoms with Crippen molar-refractivity contribution in [3.05, 3.63) is 22.7 Å². The van der Waals surface area contributed by atoms with Gasteiger partial charge in [-0.1, -0.05) is 0 Å². The molecular formula is C12H19N3O6. The second kappa shape index (κ2) is 6.96. The number of aromatic nitrogens is 2. The molecule has 4 N–H and O–H groups in total. The van der Waals surface area contributed by atoms with E-state index in [1.54, 1.807) is 0 Å². The number of methoxy groups -OCH3 is 1. The lowest BCUT2D eigenvalue weighted by Gasteiger charge is -2.22. The molecule has 21 heavy (non-hydrogen) atoms. The molecule has 118 valence electrons. The zero-order valence-electron chi connectivity index (χ0n) is 11.6. The average Bonchev–Trinajstić information content (AvgIpc) is 2.76.